The van der Waals surface area contributed by atoms with Crippen LogP contribution in [0.5, 0.6) is 0 Å². The first-order valence-electron chi connectivity index (χ1n) is 6.66. The summed E-state index contributed by atoms with van der Waals surface area (Å²) < 4.78 is 5.33. The van der Waals surface area contributed by atoms with E-state index in [0.717, 1.165) is 13.2 Å². The van der Waals surface area contributed by atoms with Crippen LogP contribution >= 0.6 is 11.3 Å². The molecule has 2 aliphatic rings. The second-order valence-corrected chi connectivity index (χ2v) is 6.49. The monoisotopic (exact) mass is 267 g/mol. The van der Waals surface area contributed by atoms with Crippen molar-refractivity contribution in [2.75, 3.05) is 39.9 Å². The molecule has 0 saturated carbocycles. The number of nitrogens with zero attached hydrogens (tertiary/aromatic N) is 2. The van der Waals surface area contributed by atoms with Crippen molar-refractivity contribution in [1.29, 1.82) is 0 Å². The molecule has 2 aliphatic heterocycles. The number of piperidine rings is 1. The Bertz CT molecular complexity index is 403. The van der Waals surface area contributed by atoms with Gasteiger partial charge in [-0.3, -0.25) is 0 Å². The van der Waals surface area contributed by atoms with E-state index in [9.17, 15) is 0 Å². The average molecular weight is 267 g/mol. The summed E-state index contributed by atoms with van der Waals surface area (Å²) in [5, 5.41) is 3.42. The lowest BCUT2D eigenvalue weighted by atomic mass is 9.87. The number of rotatable bonds is 3. The van der Waals surface area contributed by atoms with Crippen LogP contribution in [0.4, 0.5) is 0 Å². The molecule has 2 saturated heterocycles. The molecule has 0 radical (unpaired) electrons. The molecule has 0 unspecified atom stereocenters. The molecule has 1 aromatic heterocycles. The lowest BCUT2D eigenvalue weighted by molar-refractivity contribution is -0.0551. The number of hydrogen-bond acceptors (Lipinski definition) is 5. The zero-order valence-electron chi connectivity index (χ0n) is 10.9. The summed E-state index contributed by atoms with van der Waals surface area (Å²) in [5.41, 5.74) is 7.19. The molecule has 0 spiro atoms. The Morgan fingerprint density at radius 3 is 2.78 bits per heavy atom. The molecule has 0 amide bonds. The van der Waals surface area contributed by atoms with Crippen LogP contribution in [0, 0.1) is 0 Å². The van der Waals surface area contributed by atoms with Gasteiger partial charge in [0.1, 0.15) is 5.01 Å². The molecular formula is C13H21N3OS. The van der Waals surface area contributed by atoms with E-state index in [1.807, 2.05) is 0 Å². The number of thiazole rings is 1. The van der Waals surface area contributed by atoms with Gasteiger partial charge in [-0.2, -0.15) is 0 Å². The van der Waals surface area contributed by atoms with Gasteiger partial charge in [0.15, 0.2) is 0 Å². The Morgan fingerprint density at radius 2 is 2.22 bits per heavy atom. The third kappa shape index (κ3) is 2.09. The Morgan fingerprint density at radius 1 is 1.50 bits per heavy atom. The fraction of sp³-hybridized carbons (Fsp3) is 0.769. The van der Waals surface area contributed by atoms with Crippen LogP contribution in [0.15, 0.2) is 5.38 Å². The van der Waals surface area contributed by atoms with Crippen molar-refractivity contribution in [3.8, 4) is 0 Å². The summed E-state index contributed by atoms with van der Waals surface area (Å²) in [6.45, 7) is 4.49. The van der Waals surface area contributed by atoms with Gasteiger partial charge in [0.25, 0.3) is 0 Å². The third-order valence-corrected chi connectivity index (χ3v) is 5.37. The van der Waals surface area contributed by atoms with Crippen LogP contribution in [-0.4, -0.2) is 49.8 Å². The van der Waals surface area contributed by atoms with Gasteiger partial charge in [0.2, 0.25) is 0 Å². The quantitative estimate of drug-likeness (QED) is 0.893. The molecular weight excluding hydrogens is 246 g/mol. The SMILES string of the molecule is CN1CCC(c2csc(C3(CN)COC3)n2)CC1. The fourth-order valence-corrected chi connectivity index (χ4v) is 3.79. The topological polar surface area (TPSA) is 51.4 Å². The lowest BCUT2D eigenvalue weighted by Gasteiger charge is -2.38. The number of nitrogens with two attached hydrogens (primary N) is 1. The predicted molar refractivity (Wildman–Crippen MR) is 73.1 cm³/mol. The minimum absolute atomic E-state index is 0.0222. The molecule has 0 atom stereocenters. The molecule has 2 fully saturated rings. The van der Waals surface area contributed by atoms with Crippen LogP contribution in [0.2, 0.25) is 0 Å². The second-order valence-electron chi connectivity index (χ2n) is 5.63. The average Bonchev–Trinajstić information content (AvgIpc) is 2.79. The normalized spacial score (nSPS) is 25.0. The van der Waals surface area contributed by atoms with Crippen LogP contribution < -0.4 is 5.73 Å². The zero-order chi connectivity index (χ0) is 12.6. The van der Waals surface area contributed by atoms with Crippen LogP contribution in [0.25, 0.3) is 0 Å². The first-order chi connectivity index (χ1) is 8.73. The first-order valence-corrected chi connectivity index (χ1v) is 7.54. The van der Waals surface area contributed by atoms with Gasteiger partial charge in [0.05, 0.1) is 24.3 Å². The summed E-state index contributed by atoms with van der Waals surface area (Å²) in [4.78, 5) is 7.26. The Balaban J connectivity index is 1.73. The van der Waals surface area contributed by atoms with Gasteiger partial charge in [-0.1, -0.05) is 0 Å². The van der Waals surface area contributed by atoms with E-state index < -0.39 is 0 Å². The predicted octanol–water partition coefficient (Wildman–Crippen LogP) is 1.18. The molecule has 1 aromatic rings. The van der Waals surface area contributed by atoms with Gasteiger partial charge in [-0.25, -0.2) is 4.98 Å². The number of ether oxygens (including phenoxy) is 1. The first kappa shape index (κ1) is 12.5. The van der Waals surface area contributed by atoms with Crippen molar-refractivity contribution in [2.24, 2.45) is 5.73 Å². The van der Waals surface area contributed by atoms with Crippen molar-refractivity contribution in [2.45, 2.75) is 24.2 Å². The highest BCUT2D eigenvalue weighted by Crippen LogP contribution is 2.36. The van der Waals surface area contributed by atoms with E-state index in [1.165, 1.54) is 36.6 Å². The van der Waals surface area contributed by atoms with Gasteiger partial charge in [-0.15, -0.1) is 11.3 Å². The standard InChI is InChI=1S/C13H21N3OS/c1-16-4-2-10(3-5-16)11-6-18-12(15-11)13(7-14)8-17-9-13/h6,10H,2-5,7-9,14H2,1H3. The van der Waals surface area contributed by atoms with Crippen molar-refractivity contribution >= 4 is 11.3 Å². The summed E-state index contributed by atoms with van der Waals surface area (Å²) in [6, 6.07) is 0. The van der Waals surface area contributed by atoms with E-state index in [1.54, 1.807) is 11.3 Å². The zero-order valence-corrected chi connectivity index (χ0v) is 11.7. The summed E-state index contributed by atoms with van der Waals surface area (Å²) in [7, 11) is 2.19. The van der Waals surface area contributed by atoms with Gasteiger partial charge < -0.3 is 15.4 Å². The van der Waals surface area contributed by atoms with Gasteiger partial charge in [0, 0.05) is 17.8 Å². The molecule has 0 aromatic carbocycles. The molecule has 5 heteroatoms. The number of hydrogen-bond donors (Lipinski definition) is 1. The van der Waals surface area contributed by atoms with E-state index in [2.05, 4.69) is 17.3 Å². The summed E-state index contributed by atoms with van der Waals surface area (Å²) in [6.07, 6.45) is 2.46. The molecule has 3 heterocycles. The van der Waals surface area contributed by atoms with E-state index >= 15 is 0 Å². The molecule has 0 aliphatic carbocycles. The Labute approximate surface area is 112 Å². The Kier molecular flexibility index (Phi) is 3.40. The maximum absolute atomic E-state index is 5.89. The van der Waals surface area contributed by atoms with Crippen LogP contribution in [-0.2, 0) is 10.2 Å². The molecule has 3 rings (SSSR count). The molecule has 0 bridgehead atoms. The highest BCUT2D eigenvalue weighted by atomic mass is 32.1. The molecule has 100 valence electrons. The number of aromatic nitrogens is 1. The van der Waals surface area contributed by atoms with Crippen molar-refractivity contribution in [3.63, 3.8) is 0 Å². The largest absolute Gasteiger partial charge is 0.379 e. The maximum Gasteiger partial charge on any atom is 0.105 e. The van der Waals surface area contributed by atoms with Crippen LogP contribution in [0.3, 0.4) is 0 Å². The lowest BCUT2D eigenvalue weighted by Crippen LogP contribution is -2.52. The smallest absolute Gasteiger partial charge is 0.105 e. The van der Waals surface area contributed by atoms with E-state index in [-0.39, 0.29) is 5.41 Å². The maximum atomic E-state index is 5.89. The Hall–Kier alpha value is -0.490. The van der Waals surface area contributed by atoms with Crippen LogP contribution in [0.1, 0.15) is 29.5 Å². The summed E-state index contributed by atoms with van der Waals surface area (Å²) in [5.74, 6) is 0.641. The highest BCUT2D eigenvalue weighted by molar-refractivity contribution is 7.09. The third-order valence-electron chi connectivity index (χ3n) is 4.26. The van der Waals surface area contributed by atoms with Crippen molar-refractivity contribution < 1.29 is 4.74 Å². The molecule has 2 N–H and O–H groups in total. The minimum atomic E-state index is 0.0222. The van der Waals surface area contributed by atoms with E-state index in [0.29, 0.717) is 12.5 Å². The molecule has 4 nitrogen and oxygen atoms in total. The second kappa shape index (κ2) is 4.89. The minimum Gasteiger partial charge on any atom is -0.379 e. The van der Waals surface area contributed by atoms with Gasteiger partial charge >= 0.3 is 0 Å². The fourth-order valence-electron chi connectivity index (χ4n) is 2.70. The van der Waals surface area contributed by atoms with E-state index in [4.69, 9.17) is 15.5 Å². The molecule has 18 heavy (non-hydrogen) atoms. The van der Waals surface area contributed by atoms with Gasteiger partial charge in [-0.05, 0) is 33.0 Å². The highest BCUT2D eigenvalue weighted by Gasteiger charge is 2.42. The number of likely N-dealkylation sites (tertiary alicyclic amines) is 1. The summed E-state index contributed by atoms with van der Waals surface area (Å²) >= 11 is 1.77. The van der Waals surface area contributed by atoms with Crippen molar-refractivity contribution in [3.05, 3.63) is 16.1 Å². The van der Waals surface area contributed by atoms with Crippen molar-refractivity contribution in [1.82, 2.24) is 9.88 Å².